The molecule has 1 aromatic carbocycles. The largest absolute Gasteiger partial charge is 0.480 e. The molecule has 2 rings (SSSR count). The third-order valence-electron chi connectivity index (χ3n) is 3.62. The summed E-state index contributed by atoms with van der Waals surface area (Å²) in [5.74, 6) is -1.87. The molecule has 2 N–H and O–H groups in total. The van der Waals surface area contributed by atoms with Crippen LogP contribution in [0.1, 0.15) is 26.8 Å². The summed E-state index contributed by atoms with van der Waals surface area (Å²) < 4.78 is 1.26. The Morgan fingerprint density at radius 2 is 1.87 bits per heavy atom. The molecule has 0 aliphatic carbocycles. The van der Waals surface area contributed by atoms with Crippen LogP contribution in [0.5, 0.6) is 0 Å². The Balaban J connectivity index is 2.46. The molecule has 122 valence electrons. The first-order valence-corrected chi connectivity index (χ1v) is 7.32. The number of benzene rings is 1. The Bertz CT molecular complexity index is 797. The number of fused-ring (bicyclic) bond motifs is 1. The minimum Gasteiger partial charge on any atom is -0.480 e. The van der Waals surface area contributed by atoms with Crippen LogP contribution in [-0.4, -0.2) is 32.6 Å². The summed E-state index contributed by atoms with van der Waals surface area (Å²) in [4.78, 5) is 40.2. The van der Waals surface area contributed by atoms with E-state index in [4.69, 9.17) is 5.11 Å². The van der Waals surface area contributed by atoms with E-state index in [1.807, 2.05) is 0 Å². The number of carbonyl (C=O) groups excluding carboxylic acids is 1. The van der Waals surface area contributed by atoms with Gasteiger partial charge in [0.2, 0.25) is 5.91 Å². The van der Waals surface area contributed by atoms with Gasteiger partial charge in [-0.25, -0.2) is 4.98 Å². The summed E-state index contributed by atoms with van der Waals surface area (Å²) >= 11 is 0. The summed E-state index contributed by atoms with van der Waals surface area (Å²) in [5, 5.41) is 11.7. The zero-order valence-corrected chi connectivity index (χ0v) is 13.2. The molecule has 0 unspecified atom stereocenters. The predicted octanol–water partition coefficient (Wildman–Crippen LogP) is 1.18. The molecule has 0 radical (unpaired) electrons. The zero-order chi connectivity index (χ0) is 17.1. The van der Waals surface area contributed by atoms with Gasteiger partial charge in [-0.3, -0.25) is 19.0 Å². The Morgan fingerprint density at radius 3 is 2.48 bits per heavy atom. The fourth-order valence-electron chi connectivity index (χ4n) is 2.39. The monoisotopic (exact) mass is 317 g/mol. The number of nitrogens with one attached hydrogen (secondary N) is 1. The highest BCUT2D eigenvalue weighted by molar-refractivity contribution is 5.86. The van der Waals surface area contributed by atoms with E-state index in [-0.39, 0.29) is 11.5 Å². The molecular formula is C16H19N3O4. The molecule has 0 saturated heterocycles. The standard InChI is InChI=1S/C16H19N3O4/c1-9(2)13(14(20)18-10(3)16(22)23)19-8-17-12-7-5-4-6-11(12)15(19)21/h4-10,13H,1-3H3,(H,18,20)(H,22,23)/t10-,13-/m0/s1. The number of carboxylic acids is 1. The normalized spacial score (nSPS) is 13.7. The first kappa shape index (κ1) is 16.7. The van der Waals surface area contributed by atoms with Crippen LogP contribution in [0.4, 0.5) is 0 Å². The quantitative estimate of drug-likeness (QED) is 0.862. The van der Waals surface area contributed by atoms with Crippen molar-refractivity contribution in [3.63, 3.8) is 0 Å². The maximum absolute atomic E-state index is 12.6. The van der Waals surface area contributed by atoms with E-state index >= 15 is 0 Å². The Morgan fingerprint density at radius 1 is 1.22 bits per heavy atom. The van der Waals surface area contributed by atoms with Crippen LogP contribution in [0.2, 0.25) is 0 Å². The second kappa shape index (κ2) is 6.60. The highest BCUT2D eigenvalue weighted by Gasteiger charge is 2.28. The lowest BCUT2D eigenvalue weighted by molar-refractivity contribution is -0.142. The fraction of sp³-hybridized carbons (Fsp3) is 0.375. The Labute approximate surface area is 133 Å². The maximum Gasteiger partial charge on any atom is 0.325 e. The molecular weight excluding hydrogens is 298 g/mol. The van der Waals surface area contributed by atoms with E-state index in [0.717, 1.165) is 0 Å². The number of carboxylic acid groups (broad SMARTS) is 1. The first-order chi connectivity index (χ1) is 10.8. The summed E-state index contributed by atoms with van der Waals surface area (Å²) in [6.45, 7) is 4.95. The predicted molar refractivity (Wildman–Crippen MR) is 85.1 cm³/mol. The Hall–Kier alpha value is -2.70. The van der Waals surface area contributed by atoms with Gasteiger partial charge in [0.25, 0.3) is 5.56 Å². The van der Waals surface area contributed by atoms with Gasteiger partial charge in [0.1, 0.15) is 12.1 Å². The van der Waals surface area contributed by atoms with Gasteiger partial charge in [-0.1, -0.05) is 26.0 Å². The van der Waals surface area contributed by atoms with Gasteiger partial charge in [0.15, 0.2) is 0 Å². The molecule has 0 fully saturated rings. The molecule has 7 nitrogen and oxygen atoms in total. The minimum absolute atomic E-state index is 0.211. The highest BCUT2D eigenvalue weighted by Crippen LogP contribution is 2.17. The van der Waals surface area contributed by atoms with Crippen LogP contribution >= 0.6 is 0 Å². The smallest absolute Gasteiger partial charge is 0.325 e. The van der Waals surface area contributed by atoms with E-state index in [9.17, 15) is 14.4 Å². The number of para-hydroxylation sites is 1. The molecule has 0 bridgehead atoms. The third kappa shape index (κ3) is 3.39. The third-order valence-corrected chi connectivity index (χ3v) is 3.62. The minimum atomic E-state index is -1.13. The van der Waals surface area contributed by atoms with E-state index in [1.54, 1.807) is 38.1 Å². The van der Waals surface area contributed by atoms with Crippen molar-refractivity contribution in [2.45, 2.75) is 32.9 Å². The lowest BCUT2D eigenvalue weighted by atomic mass is 10.0. The summed E-state index contributed by atoms with van der Waals surface area (Å²) in [6, 6.07) is 5.01. The molecule has 23 heavy (non-hydrogen) atoms. The molecule has 1 aromatic heterocycles. The van der Waals surface area contributed by atoms with Gasteiger partial charge < -0.3 is 10.4 Å². The number of nitrogens with zero attached hydrogens (tertiary/aromatic N) is 2. The van der Waals surface area contributed by atoms with Crippen LogP contribution in [0.3, 0.4) is 0 Å². The number of hydrogen-bond donors (Lipinski definition) is 2. The summed E-state index contributed by atoms with van der Waals surface area (Å²) in [6.07, 6.45) is 1.33. The van der Waals surface area contributed by atoms with E-state index in [2.05, 4.69) is 10.3 Å². The molecule has 1 amide bonds. The SMILES string of the molecule is CC(C)[C@@H](C(=O)N[C@@H](C)C(=O)O)n1cnc2ccccc2c1=O. The fourth-order valence-corrected chi connectivity index (χ4v) is 2.39. The van der Waals surface area contributed by atoms with Crippen molar-refractivity contribution in [1.82, 2.24) is 14.9 Å². The number of hydrogen-bond acceptors (Lipinski definition) is 4. The van der Waals surface area contributed by atoms with Gasteiger partial charge in [0.05, 0.1) is 17.2 Å². The van der Waals surface area contributed by atoms with Crippen LogP contribution in [0.15, 0.2) is 35.4 Å². The molecule has 0 saturated carbocycles. The van der Waals surface area contributed by atoms with Crippen molar-refractivity contribution in [3.05, 3.63) is 40.9 Å². The molecule has 2 atom stereocenters. The summed E-state index contributed by atoms with van der Waals surface area (Å²) in [7, 11) is 0. The maximum atomic E-state index is 12.6. The number of carbonyl (C=O) groups is 2. The number of aromatic nitrogens is 2. The molecule has 0 spiro atoms. The van der Waals surface area contributed by atoms with Crippen molar-refractivity contribution >= 4 is 22.8 Å². The number of rotatable bonds is 5. The Kier molecular flexibility index (Phi) is 4.78. The van der Waals surface area contributed by atoms with E-state index in [1.165, 1.54) is 17.8 Å². The second-order valence-electron chi connectivity index (χ2n) is 5.73. The average Bonchev–Trinajstić information content (AvgIpc) is 2.49. The van der Waals surface area contributed by atoms with Crippen LogP contribution in [0.25, 0.3) is 10.9 Å². The molecule has 0 aliphatic heterocycles. The summed E-state index contributed by atoms with van der Waals surface area (Å²) in [5.41, 5.74) is 0.225. The van der Waals surface area contributed by atoms with Gasteiger partial charge in [-0.15, -0.1) is 0 Å². The average molecular weight is 317 g/mol. The van der Waals surface area contributed by atoms with Crippen LogP contribution in [0, 0.1) is 5.92 Å². The highest BCUT2D eigenvalue weighted by atomic mass is 16.4. The first-order valence-electron chi connectivity index (χ1n) is 7.32. The topological polar surface area (TPSA) is 101 Å². The van der Waals surface area contributed by atoms with Crippen molar-refractivity contribution in [2.75, 3.05) is 0 Å². The number of amides is 1. The molecule has 7 heteroatoms. The van der Waals surface area contributed by atoms with Gasteiger partial charge in [0, 0.05) is 0 Å². The van der Waals surface area contributed by atoms with Gasteiger partial charge >= 0.3 is 5.97 Å². The lowest BCUT2D eigenvalue weighted by Gasteiger charge is -2.23. The van der Waals surface area contributed by atoms with Gasteiger partial charge in [-0.05, 0) is 25.0 Å². The van der Waals surface area contributed by atoms with Crippen molar-refractivity contribution in [1.29, 1.82) is 0 Å². The zero-order valence-electron chi connectivity index (χ0n) is 13.2. The lowest BCUT2D eigenvalue weighted by Crippen LogP contribution is -2.45. The van der Waals surface area contributed by atoms with E-state index in [0.29, 0.717) is 10.9 Å². The van der Waals surface area contributed by atoms with Crippen molar-refractivity contribution < 1.29 is 14.7 Å². The van der Waals surface area contributed by atoms with Crippen LogP contribution < -0.4 is 10.9 Å². The molecule has 2 aromatic rings. The molecule has 0 aliphatic rings. The van der Waals surface area contributed by atoms with Crippen LogP contribution in [-0.2, 0) is 9.59 Å². The number of aliphatic carboxylic acids is 1. The van der Waals surface area contributed by atoms with Gasteiger partial charge in [-0.2, -0.15) is 0 Å². The van der Waals surface area contributed by atoms with Crippen molar-refractivity contribution in [2.24, 2.45) is 5.92 Å². The van der Waals surface area contributed by atoms with Crippen molar-refractivity contribution in [3.8, 4) is 0 Å². The second-order valence-corrected chi connectivity index (χ2v) is 5.73. The molecule has 1 heterocycles. The van der Waals surface area contributed by atoms with E-state index < -0.39 is 24.0 Å².